The van der Waals surface area contributed by atoms with E-state index in [1.165, 1.54) is 37.1 Å². The van der Waals surface area contributed by atoms with Crippen molar-refractivity contribution in [3.63, 3.8) is 0 Å². The second-order valence-corrected chi connectivity index (χ2v) is 27.3. The number of likely N-dealkylation sites (N-methyl/N-ethyl adjacent to an activating group) is 2. The predicted molar refractivity (Wildman–Crippen MR) is 328 cm³/mol. The van der Waals surface area contributed by atoms with Crippen LogP contribution < -0.4 is 0 Å². The third-order valence-corrected chi connectivity index (χ3v) is 18.5. The number of hydrogen-bond donors (Lipinski definition) is 2. The van der Waals surface area contributed by atoms with Gasteiger partial charge in [-0.1, -0.05) is 171 Å². The van der Waals surface area contributed by atoms with E-state index in [2.05, 4.69) is 38.2 Å². The third kappa shape index (κ3) is 17.7. The lowest BCUT2D eigenvalue weighted by Crippen LogP contribution is -2.41. The number of halogens is 2. The number of ether oxygens (including phenoxy) is 2. The normalized spacial score (nSPS) is 16.1. The summed E-state index contributed by atoms with van der Waals surface area (Å²) in [7, 11) is -0.872. The van der Waals surface area contributed by atoms with Crippen LogP contribution in [0.25, 0.3) is 10.8 Å². The lowest BCUT2D eigenvalue weighted by molar-refractivity contribution is -0.905. The van der Waals surface area contributed by atoms with Crippen molar-refractivity contribution in [3.8, 4) is 0 Å². The molecule has 2 aliphatic carbocycles. The van der Waals surface area contributed by atoms with Gasteiger partial charge in [-0.25, -0.2) is 26.8 Å². The van der Waals surface area contributed by atoms with Crippen LogP contribution >= 0.6 is 23.2 Å². The van der Waals surface area contributed by atoms with Crippen LogP contribution in [0.2, 0.25) is 10.0 Å². The number of oxazole rings is 2. The molecular formula is C66H78Cl2N4O12S2. The molecule has 6 aromatic carbocycles. The molecule has 2 aliphatic rings. The predicted octanol–water partition coefficient (Wildman–Crippen LogP) is 12.5. The molecule has 2 atom stereocenters. The summed E-state index contributed by atoms with van der Waals surface area (Å²) >= 11 is 11.9. The molecule has 2 saturated carbocycles. The highest BCUT2D eigenvalue weighted by Crippen LogP contribution is 2.45. The summed E-state index contributed by atoms with van der Waals surface area (Å²) in [5.74, 6) is 2.61. The number of benzene rings is 6. The van der Waals surface area contributed by atoms with Crippen LogP contribution in [0.5, 0.6) is 0 Å². The molecule has 2 heterocycles. The molecule has 0 bridgehead atoms. The minimum absolute atomic E-state index is 0.0792. The third-order valence-electron chi connectivity index (χ3n) is 16.2. The van der Waals surface area contributed by atoms with Crippen LogP contribution in [0.15, 0.2) is 177 Å². The Morgan fingerprint density at radius 2 is 0.860 bits per heavy atom. The summed E-state index contributed by atoms with van der Waals surface area (Å²) in [6.45, 7) is 5.40. The lowest BCUT2D eigenvalue weighted by Gasteiger charge is -2.36. The fraction of sp³-hybridized carbons (Fsp3) is 0.394. The molecule has 460 valence electrons. The largest absolute Gasteiger partial charge is 0.744 e. The van der Waals surface area contributed by atoms with Crippen molar-refractivity contribution in [1.82, 2.24) is 9.97 Å². The van der Waals surface area contributed by atoms with Crippen LogP contribution in [-0.2, 0) is 67.2 Å². The highest BCUT2D eigenvalue weighted by molar-refractivity contribution is 7.86. The molecule has 0 aliphatic heterocycles. The summed E-state index contributed by atoms with van der Waals surface area (Å²) in [6.07, 6.45) is 14.5. The van der Waals surface area contributed by atoms with Crippen LogP contribution in [-0.4, -0.2) is 110 Å². The summed E-state index contributed by atoms with van der Waals surface area (Å²) in [6, 6.07) is 42.3. The van der Waals surface area contributed by atoms with Crippen LogP contribution in [0.4, 0.5) is 0 Å². The zero-order chi connectivity index (χ0) is 61.6. The van der Waals surface area contributed by atoms with E-state index < -0.39 is 41.2 Å². The van der Waals surface area contributed by atoms with Crippen molar-refractivity contribution in [2.75, 3.05) is 54.5 Å². The molecule has 16 nitrogen and oxygen atoms in total. The molecule has 2 aromatic heterocycles. The van der Waals surface area contributed by atoms with E-state index in [0.29, 0.717) is 60.3 Å². The maximum Gasteiger partial charge on any atom is 0.231 e. The SMILES string of the molecule is C[N+](C)(CCOCc1ccc(Cl)cc1)Cc1cnc([C@@](O)(c2ccccc2)C2CCCCC2)o1.C[N+](C)(CCOCc1ccc(Cl)cc1)Cc1cnc([C@@](O)(c2ccccc2)C2CCCCC2)o1.O=S(=O)([O-])c1cccc2c(S(=O)(=O)[O-])cccc12. The summed E-state index contributed by atoms with van der Waals surface area (Å²) in [5, 5.41) is 25.3. The Kier molecular flexibility index (Phi) is 22.6. The second kappa shape index (κ2) is 29.4. The molecule has 20 heteroatoms. The Bertz CT molecular complexity index is 3410. The first-order valence-electron chi connectivity index (χ1n) is 29.1. The number of rotatable bonds is 22. The highest BCUT2D eigenvalue weighted by atomic mass is 35.5. The van der Waals surface area contributed by atoms with Crippen molar-refractivity contribution < 1.29 is 63.4 Å². The fourth-order valence-corrected chi connectivity index (χ4v) is 13.1. The van der Waals surface area contributed by atoms with E-state index in [1.54, 1.807) is 12.4 Å². The van der Waals surface area contributed by atoms with E-state index in [-0.39, 0.29) is 22.6 Å². The Labute approximate surface area is 516 Å². The zero-order valence-corrected chi connectivity index (χ0v) is 52.4. The standard InChI is InChI=1S/2C28H36ClN2O3.C10H8O6S2/c2*1-31(2,17-18-33-21-22-13-15-25(29)16-14-22)20-26-19-30-27(34-26)28(32,23-9-5-3-6-10-23)24-11-7-4-8-12-24;11-17(12,13)9-5-1-3-7-8(9)4-2-6-10(7)18(14,15)16/h2*3,5-6,9-10,13-16,19,24,32H,4,7-8,11-12,17-18,20-21H2,1-2H3;1-6H,(H,11,12,13)(H,14,15,16)/q2*+1;/p-2/t2*28-;/m11./s1. The van der Waals surface area contributed by atoms with E-state index in [0.717, 1.165) is 120 Å². The quantitative estimate of drug-likeness (QED) is 0.0366. The Morgan fingerprint density at radius 1 is 0.512 bits per heavy atom. The first-order valence-corrected chi connectivity index (χ1v) is 32.7. The maximum atomic E-state index is 12.0. The first kappa shape index (κ1) is 66.1. The molecule has 10 rings (SSSR count). The monoisotopic (exact) mass is 1250 g/mol. The lowest BCUT2D eigenvalue weighted by atomic mass is 9.73. The first-order chi connectivity index (χ1) is 40.9. The number of nitrogens with zero attached hydrogens (tertiary/aromatic N) is 4. The minimum Gasteiger partial charge on any atom is -0.744 e. The van der Waals surface area contributed by atoms with Gasteiger partial charge in [-0.3, -0.25) is 0 Å². The van der Waals surface area contributed by atoms with Gasteiger partial charge in [-0.2, -0.15) is 0 Å². The van der Waals surface area contributed by atoms with E-state index >= 15 is 0 Å². The Morgan fingerprint density at radius 3 is 1.20 bits per heavy atom. The van der Waals surface area contributed by atoms with Crippen molar-refractivity contribution in [1.29, 1.82) is 0 Å². The molecule has 2 fully saturated rings. The molecule has 86 heavy (non-hydrogen) atoms. The summed E-state index contributed by atoms with van der Waals surface area (Å²) < 4.78 is 91.8. The average molecular weight is 1250 g/mol. The second-order valence-electron chi connectivity index (χ2n) is 23.7. The van der Waals surface area contributed by atoms with Gasteiger partial charge in [0.1, 0.15) is 46.4 Å². The Hall–Kier alpha value is -5.84. The minimum atomic E-state index is -4.74. The smallest absolute Gasteiger partial charge is 0.231 e. The van der Waals surface area contributed by atoms with Gasteiger partial charge in [-0.15, -0.1) is 0 Å². The van der Waals surface area contributed by atoms with Gasteiger partial charge >= 0.3 is 0 Å². The molecular weight excluding hydrogens is 1180 g/mol. The highest BCUT2D eigenvalue weighted by Gasteiger charge is 2.46. The van der Waals surface area contributed by atoms with Gasteiger partial charge in [-0.05, 0) is 84.3 Å². The number of aliphatic hydroxyl groups is 2. The molecule has 0 spiro atoms. The van der Waals surface area contributed by atoms with Gasteiger partial charge in [0.2, 0.25) is 11.8 Å². The van der Waals surface area contributed by atoms with Crippen molar-refractivity contribution >= 4 is 54.2 Å². The summed E-state index contributed by atoms with van der Waals surface area (Å²) in [5.41, 5.74) is 1.55. The van der Waals surface area contributed by atoms with Gasteiger partial charge in [0, 0.05) is 32.7 Å². The van der Waals surface area contributed by atoms with Crippen molar-refractivity contribution in [2.45, 2.75) is 112 Å². The van der Waals surface area contributed by atoms with Crippen LogP contribution in [0, 0.1) is 11.8 Å². The van der Waals surface area contributed by atoms with Crippen LogP contribution in [0.3, 0.4) is 0 Å². The molecule has 0 amide bonds. The van der Waals surface area contributed by atoms with E-state index in [4.69, 9.17) is 41.5 Å². The van der Waals surface area contributed by atoms with Crippen molar-refractivity contribution in [3.05, 3.63) is 214 Å². The molecule has 2 N–H and O–H groups in total. The van der Waals surface area contributed by atoms with Gasteiger partial charge < -0.3 is 46.6 Å². The van der Waals surface area contributed by atoms with E-state index in [1.807, 2.05) is 109 Å². The van der Waals surface area contributed by atoms with Crippen molar-refractivity contribution in [2.24, 2.45) is 11.8 Å². The number of quaternary nitrogens is 2. The zero-order valence-electron chi connectivity index (χ0n) is 49.2. The van der Waals surface area contributed by atoms with Gasteiger partial charge in [0.15, 0.2) is 22.7 Å². The van der Waals surface area contributed by atoms with Crippen LogP contribution in [0.1, 0.15) is 110 Å². The van der Waals surface area contributed by atoms with Gasteiger partial charge in [0.25, 0.3) is 0 Å². The fourth-order valence-electron chi connectivity index (χ4n) is 11.5. The maximum absolute atomic E-state index is 12.0. The molecule has 0 unspecified atom stereocenters. The van der Waals surface area contributed by atoms with Gasteiger partial charge in [0.05, 0.1) is 76.8 Å². The summed E-state index contributed by atoms with van der Waals surface area (Å²) in [4.78, 5) is 8.10. The average Bonchev–Trinajstić information content (AvgIpc) is 3.15. The topological polar surface area (TPSA) is 225 Å². The van der Waals surface area contributed by atoms with E-state index in [9.17, 15) is 36.2 Å². The number of fused-ring (bicyclic) bond motifs is 1. The Balaban J connectivity index is 0.000000176. The molecule has 0 saturated heterocycles. The number of hydrogen-bond acceptors (Lipinski definition) is 14. The number of aromatic nitrogens is 2. The molecule has 8 aromatic rings. The molecule has 0 radical (unpaired) electrons.